The van der Waals surface area contributed by atoms with Crippen molar-refractivity contribution in [1.29, 1.82) is 0 Å². The molecule has 0 amide bonds. The number of rotatable bonds is 24. The van der Waals surface area contributed by atoms with Crippen LogP contribution in [0.2, 0.25) is 0 Å². The lowest BCUT2D eigenvalue weighted by molar-refractivity contribution is 0.538. The molecule has 0 saturated carbocycles. The normalized spacial score (nSPS) is 11.2. The molecule has 0 aliphatic rings. The van der Waals surface area contributed by atoms with Crippen LogP contribution in [0.25, 0.3) is 0 Å². The van der Waals surface area contributed by atoms with Gasteiger partial charge in [-0.25, -0.2) is 0 Å². The monoisotopic (exact) mass is 480 g/mol. The van der Waals surface area contributed by atoms with E-state index in [0.29, 0.717) is 0 Å². The van der Waals surface area contributed by atoms with Gasteiger partial charge < -0.3 is 6.15 Å². The summed E-state index contributed by atoms with van der Waals surface area (Å²) < 4.78 is 0. The van der Waals surface area contributed by atoms with E-state index in [-0.39, 0.29) is 18.6 Å². The van der Waals surface area contributed by atoms with E-state index < -0.39 is 7.26 Å². The van der Waals surface area contributed by atoms with E-state index in [9.17, 15) is 0 Å². The molecule has 3 heteroatoms. The summed E-state index contributed by atoms with van der Waals surface area (Å²) in [6.07, 6.45) is 36.0. The molecule has 0 bridgehead atoms. The maximum atomic E-state index is 2.39. The van der Waals surface area contributed by atoms with Crippen LogP contribution < -0.4 is 6.15 Å². The average molecular weight is 481 g/mol. The van der Waals surface area contributed by atoms with Gasteiger partial charge in [0.25, 0.3) is 0 Å². The number of halogens is 1. The Morgan fingerprint density at radius 3 is 0.839 bits per heavy atom. The topological polar surface area (TPSA) is 35.0 Å². The van der Waals surface area contributed by atoms with Crippen LogP contribution in [0.1, 0.15) is 156 Å². The smallest absolute Gasteiger partial charge is 0.0594 e. The molecule has 0 aromatic carbocycles. The second-order valence-corrected chi connectivity index (χ2v) is 14.4. The summed E-state index contributed by atoms with van der Waals surface area (Å²) in [5, 5.41) is 0. The first kappa shape index (κ1) is 36.3. The number of hydrogen-bond donors (Lipinski definition) is 1. The highest BCUT2D eigenvalue weighted by atomic mass is 35.5. The Bertz CT molecular complexity index is 290. The van der Waals surface area contributed by atoms with Crippen LogP contribution in [0.5, 0.6) is 0 Å². The summed E-state index contributed by atoms with van der Waals surface area (Å²) in [7, 11) is -0.630. The van der Waals surface area contributed by atoms with Gasteiger partial charge in [0, 0.05) is 7.26 Å². The van der Waals surface area contributed by atoms with Gasteiger partial charge >= 0.3 is 0 Å². The zero-order valence-corrected chi connectivity index (χ0v) is 24.2. The molecule has 0 unspecified atom stereocenters. The number of hydrogen-bond acceptors (Lipinski definition) is 1. The van der Waals surface area contributed by atoms with Crippen LogP contribution in [0, 0.1) is 0 Å². The van der Waals surface area contributed by atoms with Gasteiger partial charge in [-0.15, -0.1) is 12.4 Å². The minimum absolute atomic E-state index is 0. The Morgan fingerprint density at radius 2 is 0.548 bits per heavy atom. The molecule has 1 nitrogen and oxygen atoms in total. The molecule has 0 aliphatic heterocycles. The third-order valence-electron chi connectivity index (χ3n) is 6.94. The first-order valence-corrected chi connectivity index (χ1v) is 16.6. The molecule has 3 N–H and O–H groups in total. The van der Waals surface area contributed by atoms with E-state index in [1.54, 1.807) is 31.1 Å². The molecular formula is C28H64ClNP+. The summed E-state index contributed by atoms with van der Waals surface area (Å²) in [4.78, 5) is 0. The van der Waals surface area contributed by atoms with Gasteiger partial charge in [-0.3, -0.25) is 0 Å². The average Bonchev–Trinajstić information content (AvgIpc) is 2.74. The molecule has 0 aromatic rings. The Balaban J connectivity index is -0.00000392. The van der Waals surface area contributed by atoms with Crippen LogP contribution in [0.15, 0.2) is 0 Å². The van der Waals surface area contributed by atoms with Crippen molar-refractivity contribution >= 4 is 19.7 Å². The van der Waals surface area contributed by atoms with Crippen LogP contribution in [-0.4, -0.2) is 24.6 Å². The zero-order chi connectivity index (χ0) is 21.5. The first-order valence-electron chi connectivity index (χ1n) is 14.1. The van der Waals surface area contributed by atoms with Crippen molar-refractivity contribution in [2.24, 2.45) is 0 Å². The molecule has 0 heterocycles. The Morgan fingerprint density at radius 1 is 0.323 bits per heavy atom. The molecule has 0 aromatic heterocycles. The third-order valence-corrected chi connectivity index (χ3v) is 12.0. The largest absolute Gasteiger partial charge is 0.344 e. The first-order chi connectivity index (χ1) is 14.2. The van der Waals surface area contributed by atoms with E-state index in [1.165, 1.54) is 122 Å². The van der Waals surface area contributed by atoms with E-state index >= 15 is 0 Å². The quantitative estimate of drug-likeness (QED) is 0.108. The molecule has 0 spiro atoms. The van der Waals surface area contributed by atoms with Crippen molar-refractivity contribution < 1.29 is 0 Å². The summed E-state index contributed by atoms with van der Waals surface area (Å²) >= 11 is 0. The van der Waals surface area contributed by atoms with Crippen molar-refractivity contribution in [1.82, 2.24) is 6.15 Å². The molecule has 0 saturated heterocycles. The molecule has 31 heavy (non-hydrogen) atoms. The Kier molecular flexibility index (Phi) is 33.6. The fraction of sp³-hybridized carbons (Fsp3) is 1.00. The summed E-state index contributed by atoms with van der Waals surface area (Å²) in [5.74, 6) is 0. The maximum absolute atomic E-state index is 2.39. The van der Waals surface area contributed by atoms with Crippen LogP contribution >= 0.6 is 19.7 Å². The highest BCUT2D eigenvalue weighted by molar-refractivity contribution is 7.75. The number of unbranched alkanes of at least 4 members (excludes halogenated alkanes) is 16. The summed E-state index contributed by atoms with van der Waals surface area (Å²) in [6, 6.07) is 0. The molecule has 0 atom stereocenters. The lowest BCUT2D eigenvalue weighted by atomic mass is 10.0. The molecule has 0 fully saturated rings. The van der Waals surface area contributed by atoms with Crippen molar-refractivity contribution in [3.8, 4) is 0 Å². The highest BCUT2D eigenvalue weighted by Gasteiger charge is 2.34. The van der Waals surface area contributed by atoms with E-state index in [1.807, 2.05) is 0 Å². The minimum atomic E-state index is -0.630. The van der Waals surface area contributed by atoms with Gasteiger partial charge in [0.2, 0.25) is 0 Å². The summed E-state index contributed by atoms with van der Waals surface area (Å²) in [5.41, 5.74) is 0. The van der Waals surface area contributed by atoms with Crippen molar-refractivity contribution in [3.05, 3.63) is 0 Å². The molecule has 0 radical (unpaired) electrons. The lowest BCUT2D eigenvalue weighted by Gasteiger charge is -2.28. The molecule has 0 aliphatic carbocycles. The van der Waals surface area contributed by atoms with E-state index in [0.717, 1.165) is 0 Å². The van der Waals surface area contributed by atoms with Gasteiger partial charge in [0.05, 0.1) is 24.6 Å². The second-order valence-electron chi connectivity index (χ2n) is 9.89. The standard InChI is InChI=1S/C28H60P.ClH.H3N/c1-5-9-13-14-15-16-17-18-19-20-21-22-23-24-28-29(25-10-6-2,26-11-7-3)27-12-8-4;;/h5-28H2,1-4H3;1H;1H3/q+1;;. The van der Waals surface area contributed by atoms with Gasteiger partial charge in [0.15, 0.2) is 0 Å². The second kappa shape index (κ2) is 28.7. The fourth-order valence-corrected chi connectivity index (χ4v) is 9.99. The predicted molar refractivity (Wildman–Crippen MR) is 154 cm³/mol. The Hall–Kier alpha value is 0.680. The third kappa shape index (κ3) is 23.6. The van der Waals surface area contributed by atoms with E-state index in [4.69, 9.17) is 0 Å². The predicted octanol–water partition coefficient (Wildman–Crippen LogP) is 11.5. The van der Waals surface area contributed by atoms with Crippen LogP contribution in [-0.2, 0) is 0 Å². The minimum Gasteiger partial charge on any atom is -0.344 e. The highest BCUT2D eigenvalue weighted by Crippen LogP contribution is 2.61. The zero-order valence-electron chi connectivity index (χ0n) is 22.5. The molecular weight excluding hydrogens is 417 g/mol. The van der Waals surface area contributed by atoms with Crippen LogP contribution in [0.3, 0.4) is 0 Å². The molecule has 0 rings (SSSR count). The van der Waals surface area contributed by atoms with Gasteiger partial charge in [-0.2, -0.15) is 0 Å². The maximum Gasteiger partial charge on any atom is 0.0594 e. The molecule has 192 valence electrons. The Labute approximate surface area is 206 Å². The lowest BCUT2D eigenvalue weighted by Crippen LogP contribution is -2.13. The SMILES string of the molecule is CCCCCCCCCCCCCCCC[P+](CCCC)(CCCC)CCCC.Cl.N. The van der Waals surface area contributed by atoms with Gasteiger partial charge in [0.1, 0.15) is 0 Å². The van der Waals surface area contributed by atoms with Gasteiger partial charge in [-0.1, -0.05) is 124 Å². The van der Waals surface area contributed by atoms with Crippen molar-refractivity contribution in [2.75, 3.05) is 24.6 Å². The van der Waals surface area contributed by atoms with Crippen molar-refractivity contribution in [3.63, 3.8) is 0 Å². The summed E-state index contributed by atoms with van der Waals surface area (Å²) in [6.45, 7) is 9.48. The van der Waals surface area contributed by atoms with E-state index in [2.05, 4.69) is 27.7 Å². The van der Waals surface area contributed by atoms with Crippen LogP contribution in [0.4, 0.5) is 0 Å². The van der Waals surface area contributed by atoms with Crippen molar-refractivity contribution in [2.45, 2.75) is 156 Å². The fourth-order valence-electron chi connectivity index (χ4n) is 4.79. The van der Waals surface area contributed by atoms with Gasteiger partial charge in [-0.05, 0) is 32.1 Å².